The highest BCUT2D eigenvalue weighted by molar-refractivity contribution is 5.63. The van der Waals surface area contributed by atoms with Crippen LogP contribution in [0.25, 0.3) is 11.4 Å². The lowest BCUT2D eigenvalue weighted by molar-refractivity contribution is 0.0659. The van der Waals surface area contributed by atoms with Crippen molar-refractivity contribution in [3.8, 4) is 17.1 Å². The van der Waals surface area contributed by atoms with Gasteiger partial charge in [-0.3, -0.25) is 0 Å². The summed E-state index contributed by atoms with van der Waals surface area (Å²) in [6, 6.07) is 7.55. The van der Waals surface area contributed by atoms with Crippen LogP contribution >= 0.6 is 0 Å². The summed E-state index contributed by atoms with van der Waals surface area (Å²) in [5.74, 6) is 1.79. The number of hydrogen-bond acceptors (Lipinski definition) is 6. The van der Waals surface area contributed by atoms with Crippen molar-refractivity contribution in [2.45, 2.75) is 6.04 Å². The predicted molar refractivity (Wildman–Crippen MR) is 67.8 cm³/mol. The molecule has 1 aliphatic heterocycles. The van der Waals surface area contributed by atoms with Gasteiger partial charge < -0.3 is 19.3 Å². The normalized spacial score (nSPS) is 19.3. The third-order valence-electron chi connectivity index (χ3n) is 3.01. The highest BCUT2D eigenvalue weighted by Gasteiger charge is 2.22. The Labute approximate surface area is 110 Å². The Hall–Kier alpha value is -1.92. The maximum Gasteiger partial charge on any atom is 0.246 e. The van der Waals surface area contributed by atoms with Crippen molar-refractivity contribution in [1.82, 2.24) is 15.5 Å². The van der Waals surface area contributed by atoms with Gasteiger partial charge in [-0.15, -0.1) is 0 Å². The second kappa shape index (κ2) is 5.38. The van der Waals surface area contributed by atoms with Crippen molar-refractivity contribution in [1.29, 1.82) is 0 Å². The Morgan fingerprint density at radius 1 is 1.37 bits per heavy atom. The highest BCUT2D eigenvalue weighted by Crippen LogP contribution is 2.28. The van der Waals surface area contributed by atoms with E-state index in [0.717, 1.165) is 17.9 Å². The van der Waals surface area contributed by atoms with Crippen LogP contribution in [-0.2, 0) is 4.74 Å². The van der Waals surface area contributed by atoms with E-state index in [4.69, 9.17) is 14.0 Å². The Balaban J connectivity index is 1.88. The maximum atomic E-state index is 5.38. The van der Waals surface area contributed by atoms with Crippen molar-refractivity contribution < 1.29 is 14.0 Å². The van der Waals surface area contributed by atoms with Crippen molar-refractivity contribution >= 4 is 0 Å². The number of methoxy groups -OCH3 is 1. The van der Waals surface area contributed by atoms with Crippen LogP contribution in [0.5, 0.6) is 5.75 Å². The van der Waals surface area contributed by atoms with Crippen LogP contribution in [0.15, 0.2) is 28.8 Å². The van der Waals surface area contributed by atoms with Crippen LogP contribution < -0.4 is 10.1 Å². The van der Waals surface area contributed by atoms with Gasteiger partial charge in [-0.2, -0.15) is 4.98 Å². The molecule has 3 rings (SSSR count). The molecule has 1 N–H and O–H groups in total. The van der Waals surface area contributed by atoms with Gasteiger partial charge in [0.1, 0.15) is 11.8 Å². The molecular formula is C13H15N3O3. The lowest BCUT2D eigenvalue weighted by Crippen LogP contribution is -2.34. The molecule has 19 heavy (non-hydrogen) atoms. The molecule has 0 spiro atoms. The molecule has 100 valence electrons. The standard InChI is InChI=1S/C13H15N3O3/c1-17-11-5-3-2-4-9(11)12-15-13(19-16-12)10-8-18-7-6-14-10/h2-5,10,14H,6-8H2,1H3. The van der Waals surface area contributed by atoms with Gasteiger partial charge in [0.25, 0.3) is 0 Å². The first-order valence-electron chi connectivity index (χ1n) is 6.16. The molecule has 1 atom stereocenters. The van der Waals surface area contributed by atoms with Crippen LogP contribution in [0.1, 0.15) is 11.9 Å². The van der Waals surface area contributed by atoms with Crippen LogP contribution in [0.4, 0.5) is 0 Å². The molecule has 1 fully saturated rings. The minimum Gasteiger partial charge on any atom is -0.496 e. The average Bonchev–Trinajstić information content (AvgIpc) is 2.98. The van der Waals surface area contributed by atoms with E-state index >= 15 is 0 Å². The van der Waals surface area contributed by atoms with Crippen LogP contribution in [0.2, 0.25) is 0 Å². The smallest absolute Gasteiger partial charge is 0.246 e. The van der Waals surface area contributed by atoms with Gasteiger partial charge in [-0.1, -0.05) is 17.3 Å². The SMILES string of the molecule is COc1ccccc1-c1noc(C2COCCN2)n1. The number of ether oxygens (including phenoxy) is 2. The molecule has 1 aromatic carbocycles. The Kier molecular flexibility index (Phi) is 3.43. The summed E-state index contributed by atoms with van der Waals surface area (Å²) < 4.78 is 16.0. The number of nitrogens with zero attached hydrogens (tertiary/aromatic N) is 2. The summed E-state index contributed by atoms with van der Waals surface area (Å²) >= 11 is 0. The molecule has 0 radical (unpaired) electrons. The molecule has 2 heterocycles. The number of aromatic nitrogens is 2. The lowest BCUT2D eigenvalue weighted by Gasteiger charge is -2.20. The van der Waals surface area contributed by atoms with Crippen molar-refractivity contribution in [3.05, 3.63) is 30.2 Å². The summed E-state index contributed by atoms with van der Waals surface area (Å²) in [5, 5.41) is 7.28. The van der Waals surface area contributed by atoms with E-state index in [1.165, 1.54) is 0 Å². The van der Waals surface area contributed by atoms with Crippen LogP contribution in [0.3, 0.4) is 0 Å². The van der Waals surface area contributed by atoms with Crippen molar-refractivity contribution in [2.24, 2.45) is 0 Å². The first-order valence-corrected chi connectivity index (χ1v) is 6.16. The molecule has 2 aromatic rings. The number of hydrogen-bond donors (Lipinski definition) is 1. The highest BCUT2D eigenvalue weighted by atomic mass is 16.5. The summed E-state index contributed by atoms with van der Waals surface area (Å²) in [5.41, 5.74) is 0.816. The molecule has 1 aliphatic rings. The zero-order valence-electron chi connectivity index (χ0n) is 10.6. The van der Waals surface area contributed by atoms with Crippen LogP contribution in [0, 0.1) is 0 Å². The number of benzene rings is 1. The molecule has 1 saturated heterocycles. The van der Waals surface area contributed by atoms with E-state index in [1.54, 1.807) is 7.11 Å². The Morgan fingerprint density at radius 3 is 3.05 bits per heavy atom. The van der Waals surface area contributed by atoms with Gasteiger partial charge in [0.2, 0.25) is 11.7 Å². The van der Waals surface area contributed by atoms with E-state index in [0.29, 0.717) is 24.9 Å². The third kappa shape index (κ3) is 2.45. The number of morpholine rings is 1. The summed E-state index contributed by atoms with van der Waals surface area (Å²) in [7, 11) is 1.62. The summed E-state index contributed by atoms with van der Waals surface area (Å²) in [4.78, 5) is 4.41. The minimum atomic E-state index is -0.0373. The fraction of sp³-hybridized carbons (Fsp3) is 0.385. The van der Waals surface area contributed by atoms with Gasteiger partial charge in [0.05, 0.1) is 25.9 Å². The van der Waals surface area contributed by atoms with E-state index in [2.05, 4.69) is 15.5 Å². The quantitative estimate of drug-likeness (QED) is 0.900. The maximum absolute atomic E-state index is 5.38. The predicted octanol–water partition coefficient (Wildman–Crippen LogP) is 1.41. The van der Waals surface area contributed by atoms with Gasteiger partial charge in [-0.25, -0.2) is 0 Å². The molecule has 1 aromatic heterocycles. The second-order valence-corrected chi connectivity index (χ2v) is 4.24. The molecule has 0 aliphatic carbocycles. The second-order valence-electron chi connectivity index (χ2n) is 4.24. The monoisotopic (exact) mass is 261 g/mol. The Morgan fingerprint density at radius 2 is 2.26 bits per heavy atom. The van der Waals surface area contributed by atoms with Gasteiger partial charge in [0, 0.05) is 6.54 Å². The van der Waals surface area contributed by atoms with E-state index in [1.807, 2.05) is 24.3 Å². The third-order valence-corrected chi connectivity index (χ3v) is 3.01. The molecule has 1 unspecified atom stereocenters. The molecule has 0 bridgehead atoms. The topological polar surface area (TPSA) is 69.4 Å². The largest absolute Gasteiger partial charge is 0.496 e. The zero-order valence-corrected chi connectivity index (χ0v) is 10.6. The first kappa shape index (κ1) is 12.1. The Bertz CT molecular complexity index is 550. The van der Waals surface area contributed by atoms with Gasteiger partial charge >= 0.3 is 0 Å². The number of para-hydroxylation sites is 1. The zero-order chi connectivity index (χ0) is 13.1. The molecule has 6 nitrogen and oxygen atoms in total. The molecule has 6 heteroatoms. The van der Waals surface area contributed by atoms with Crippen LogP contribution in [-0.4, -0.2) is 37.0 Å². The number of rotatable bonds is 3. The first-order chi connectivity index (χ1) is 9.38. The van der Waals surface area contributed by atoms with Crippen molar-refractivity contribution in [3.63, 3.8) is 0 Å². The van der Waals surface area contributed by atoms with Gasteiger partial charge in [0.15, 0.2) is 0 Å². The summed E-state index contributed by atoms with van der Waals surface area (Å²) in [6.45, 7) is 2.05. The van der Waals surface area contributed by atoms with Gasteiger partial charge in [-0.05, 0) is 12.1 Å². The molecule has 0 amide bonds. The van der Waals surface area contributed by atoms with E-state index < -0.39 is 0 Å². The fourth-order valence-corrected chi connectivity index (χ4v) is 2.04. The molecule has 0 saturated carbocycles. The minimum absolute atomic E-state index is 0.0373. The summed E-state index contributed by atoms with van der Waals surface area (Å²) in [6.07, 6.45) is 0. The lowest BCUT2D eigenvalue weighted by atomic mass is 10.2. The van der Waals surface area contributed by atoms with E-state index in [-0.39, 0.29) is 6.04 Å². The molecular weight excluding hydrogens is 246 g/mol. The fourth-order valence-electron chi connectivity index (χ4n) is 2.04. The van der Waals surface area contributed by atoms with Crippen molar-refractivity contribution in [2.75, 3.05) is 26.9 Å². The number of nitrogens with one attached hydrogen (secondary N) is 1. The average molecular weight is 261 g/mol. The van der Waals surface area contributed by atoms with E-state index in [9.17, 15) is 0 Å².